The Morgan fingerprint density at radius 2 is 0.776 bits per heavy atom. The van der Waals surface area contributed by atoms with Gasteiger partial charge in [-0.1, -0.05) is 188 Å². The highest BCUT2D eigenvalue weighted by molar-refractivity contribution is 7.19. The molecule has 58 heavy (non-hydrogen) atoms. The van der Waals surface area contributed by atoms with Crippen LogP contribution in [0.2, 0.25) is 0 Å². The van der Waals surface area contributed by atoms with Gasteiger partial charge in [-0.3, -0.25) is 0 Å². The number of hydrogen-bond acceptors (Lipinski definition) is 4. The van der Waals surface area contributed by atoms with Crippen LogP contribution >= 0.6 is 0 Å². The van der Waals surface area contributed by atoms with Crippen LogP contribution in [-0.4, -0.2) is 23.0 Å². The number of aromatic nitrogens is 3. The second kappa shape index (κ2) is 13.9. The zero-order valence-electron chi connectivity index (χ0n) is 31.5. The summed E-state index contributed by atoms with van der Waals surface area (Å²) < 4.78 is 6.26. The second-order valence-electron chi connectivity index (χ2n) is 14.8. The van der Waals surface area contributed by atoms with Crippen LogP contribution in [0.15, 0.2) is 217 Å². The molecule has 0 unspecified atom stereocenters. The molecule has 0 bridgehead atoms. The number of furan rings is 1. The SMILES string of the molecule is c1ccc(-c2nc(-c3cccc([Si](c4ccccc4)(c4ccccc4)c4ccccc4)c3)nc(-c3ccc4ccc5cc6oc7ccccc7c6cc5c4c3)n2)cc1. The number of para-hydroxylation sites is 1. The average Bonchev–Trinajstić information content (AvgIpc) is 3.67. The van der Waals surface area contributed by atoms with E-state index in [1.54, 1.807) is 0 Å². The van der Waals surface area contributed by atoms with Crippen LogP contribution in [-0.2, 0) is 0 Å². The smallest absolute Gasteiger partial charge is 0.179 e. The molecule has 0 N–H and O–H groups in total. The van der Waals surface area contributed by atoms with Crippen LogP contribution in [0.1, 0.15) is 0 Å². The fraction of sp³-hybridized carbons (Fsp3) is 0. The van der Waals surface area contributed by atoms with Crippen LogP contribution in [0.5, 0.6) is 0 Å². The van der Waals surface area contributed by atoms with Crippen molar-refractivity contribution in [3.8, 4) is 34.2 Å². The summed E-state index contributed by atoms with van der Waals surface area (Å²) in [6, 6.07) is 75.6. The summed E-state index contributed by atoms with van der Waals surface area (Å²) in [5, 5.41) is 12.0. The summed E-state index contributed by atoms with van der Waals surface area (Å²) in [7, 11) is -2.79. The minimum Gasteiger partial charge on any atom is -0.456 e. The van der Waals surface area contributed by atoms with E-state index < -0.39 is 8.07 Å². The highest BCUT2D eigenvalue weighted by Crippen LogP contribution is 2.36. The topological polar surface area (TPSA) is 51.8 Å². The highest BCUT2D eigenvalue weighted by Gasteiger charge is 2.41. The fourth-order valence-corrected chi connectivity index (χ4v) is 13.5. The predicted octanol–water partition coefficient (Wildman–Crippen LogP) is 10.5. The van der Waals surface area contributed by atoms with Gasteiger partial charge in [0.15, 0.2) is 25.5 Å². The molecule has 0 amide bonds. The molecule has 272 valence electrons. The van der Waals surface area contributed by atoms with Crippen molar-refractivity contribution in [3.05, 3.63) is 212 Å². The number of nitrogens with zero attached hydrogens (tertiary/aromatic N) is 3. The van der Waals surface area contributed by atoms with Gasteiger partial charge >= 0.3 is 0 Å². The monoisotopic (exact) mass is 757 g/mol. The molecule has 0 atom stereocenters. The van der Waals surface area contributed by atoms with E-state index in [0.29, 0.717) is 17.5 Å². The lowest BCUT2D eigenvalue weighted by Crippen LogP contribution is -2.74. The van der Waals surface area contributed by atoms with Crippen LogP contribution in [0.3, 0.4) is 0 Å². The Morgan fingerprint density at radius 1 is 0.293 bits per heavy atom. The van der Waals surface area contributed by atoms with E-state index in [4.69, 9.17) is 19.4 Å². The maximum Gasteiger partial charge on any atom is 0.179 e. The first-order valence-corrected chi connectivity index (χ1v) is 21.6. The third kappa shape index (κ3) is 5.63. The van der Waals surface area contributed by atoms with Gasteiger partial charge in [-0.2, -0.15) is 0 Å². The Balaban J connectivity index is 1.12. The van der Waals surface area contributed by atoms with Crippen LogP contribution in [0.25, 0.3) is 77.6 Å². The lowest BCUT2D eigenvalue weighted by Gasteiger charge is -2.34. The highest BCUT2D eigenvalue weighted by atomic mass is 28.3. The molecule has 2 aromatic heterocycles. The minimum atomic E-state index is -2.79. The molecule has 0 saturated carbocycles. The van der Waals surface area contributed by atoms with E-state index in [2.05, 4.69) is 182 Å². The van der Waals surface area contributed by atoms with E-state index in [9.17, 15) is 0 Å². The molecule has 0 fully saturated rings. The van der Waals surface area contributed by atoms with Crippen molar-refractivity contribution < 1.29 is 4.42 Å². The number of hydrogen-bond donors (Lipinski definition) is 0. The van der Waals surface area contributed by atoms with Gasteiger partial charge in [0.1, 0.15) is 11.2 Å². The van der Waals surface area contributed by atoms with Crippen molar-refractivity contribution >= 4 is 72.3 Å². The molecular weight excluding hydrogens is 723 g/mol. The van der Waals surface area contributed by atoms with Gasteiger partial charge in [0.2, 0.25) is 0 Å². The third-order valence-corrected chi connectivity index (χ3v) is 16.2. The van der Waals surface area contributed by atoms with Gasteiger partial charge in [0.05, 0.1) is 0 Å². The first-order chi connectivity index (χ1) is 28.7. The van der Waals surface area contributed by atoms with Crippen molar-refractivity contribution in [3.63, 3.8) is 0 Å². The first-order valence-electron chi connectivity index (χ1n) is 19.6. The van der Waals surface area contributed by atoms with Crippen molar-refractivity contribution in [2.75, 3.05) is 0 Å². The average molecular weight is 758 g/mol. The molecule has 0 aliphatic rings. The number of rotatable bonds is 7. The summed E-state index contributed by atoms with van der Waals surface area (Å²) in [5.41, 5.74) is 4.59. The molecular formula is C53H35N3OSi. The molecule has 0 radical (unpaired) electrons. The van der Waals surface area contributed by atoms with E-state index in [0.717, 1.165) is 60.2 Å². The van der Waals surface area contributed by atoms with Crippen LogP contribution < -0.4 is 20.7 Å². The van der Waals surface area contributed by atoms with E-state index in [1.807, 2.05) is 30.3 Å². The molecule has 0 spiro atoms. The van der Waals surface area contributed by atoms with E-state index >= 15 is 0 Å². The Hall–Kier alpha value is -7.47. The van der Waals surface area contributed by atoms with Gasteiger partial charge in [0, 0.05) is 27.5 Å². The van der Waals surface area contributed by atoms with E-state index in [1.165, 1.54) is 20.7 Å². The zero-order chi connectivity index (χ0) is 38.5. The van der Waals surface area contributed by atoms with Gasteiger partial charge < -0.3 is 4.42 Å². The Kier molecular flexibility index (Phi) is 8.12. The lowest BCUT2D eigenvalue weighted by atomic mass is 9.98. The zero-order valence-corrected chi connectivity index (χ0v) is 32.5. The van der Waals surface area contributed by atoms with Gasteiger partial charge in [-0.25, -0.2) is 15.0 Å². The molecule has 2 heterocycles. The van der Waals surface area contributed by atoms with Gasteiger partial charge in [0.25, 0.3) is 0 Å². The molecule has 11 aromatic rings. The first kappa shape index (κ1) is 33.8. The molecule has 0 aliphatic carbocycles. The largest absolute Gasteiger partial charge is 0.456 e. The van der Waals surface area contributed by atoms with Crippen molar-refractivity contribution in [1.82, 2.24) is 15.0 Å². The third-order valence-electron chi connectivity index (χ3n) is 11.4. The van der Waals surface area contributed by atoms with Gasteiger partial charge in [-0.05, 0) is 66.6 Å². The molecule has 5 heteroatoms. The fourth-order valence-electron chi connectivity index (χ4n) is 8.72. The Morgan fingerprint density at radius 3 is 1.43 bits per heavy atom. The molecule has 11 rings (SSSR count). The summed E-state index contributed by atoms with van der Waals surface area (Å²) in [4.78, 5) is 15.6. The Labute approximate surface area is 336 Å². The van der Waals surface area contributed by atoms with Crippen molar-refractivity contribution in [2.24, 2.45) is 0 Å². The maximum atomic E-state index is 6.26. The minimum absolute atomic E-state index is 0.626. The molecule has 4 nitrogen and oxygen atoms in total. The second-order valence-corrected chi connectivity index (χ2v) is 18.6. The maximum absolute atomic E-state index is 6.26. The summed E-state index contributed by atoms with van der Waals surface area (Å²) in [6.07, 6.45) is 0. The summed E-state index contributed by atoms with van der Waals surface area (Å²) in [6.45, 7) is 0. The normalized spacial score (nSPS) is 11.8. The number of benzene rings is 9. The standard InChI is InChI=1S/C53H35N3OSi/c1-5-16-37(17-6-1)51-54-52(39-18-15-25-44(32-39)58(41-19-7-2-8-20-41,42-21-9-3-10-22-42)43-23-11-4-12-24-43)56-53(55-51)40-31-29-36-28-30-38-34-50-48(35-47(38)46(36)33-40)45-26-13-14-27-49(45)57-50/h1-35H. The molecule has 0 aliphatic heterocycles. The van der Waals surface area contributed by atoms with Crippen molar-refractivity contribution in [2.45, 2.75) is 0 Å². The summed E-state index contributed by atoms with van der Waals surface area (Å²) >= 11 is 0. The van der Waals surface area contributed by atoms with Crippen molar-refractivity contribution in [1.29, 1.82) is 0 Å². The summed E-state index contributed by atoms with van der Waals surface area (Å²) in [5.74, 6) is 1.89. The molecule has 9 aromatic carbocycles. The quantitative estimate of drug-likeness (QED) is 0.0923. The Bertz CT molecular complexity index is 3180. The van der Waals surface area contributed by atoms with Crippen LogP contribution in [0.4, 0.5) is 0 Å². The number of fused-ring (bicyclic) bond motifs is 6. The predicted molar refractivity (Wildman–Crippen MR) is 242 cm³/mol. The van der Waals surface area contributed by atoms with Gasteiger partial charge in [-0.15, -0.1) is 0 Å². The lowest BCUT2D eigenvalue weighted by molar-refractivity contribution is 0.669. The van der Waals surface area contributed by atoms with Crippen LogP contribution in [0, 0.1) is 0 Å². The molecule has 0 saturated heterocycles. The van der Waals surface area contributed by atoms with E-state index in [-0.39, 0.29) is 0 Å².